The lowest BCUT2D eigenvalue weighted by Crippen LogP contribution is -2.32. The minimum atomic E-state index is -2.90. The first kappa shape index (κ1) is 18.7. The molecule has 2 aromatic heterocycles. The molecule has 5 rings (SSSR count). The molecule has 6 nitrogen and oxygen atoms in total. The molecule has 1 aromatic carbocycles. The molecule has 29 heavy (non-hydrogen) atoms. The van der Waals surface area contributed by atoms with Crippen molar-refractivity contribution in [3.05, 3.63) is 40.9 Å². The van der Waals surface area contributed by atoms with Crippen LogP contribution in [0.15, 0.2) is 30.3 Å². The number of halogens is 3. The van der Waals surface area contributed by atoms with Gasteiger partial charge in [0.2, 0.25) is 0 Å². The Morgan fingerprint density at radius 3 is 2.76 bits per heavy atom. The topological polar surface area (TPSA) is 69.3 Å². The summed E-state index contributed by atoms with van der Waals surface area (Å²) in [6.45, 7) is 1.97. The van der Waals surface area contributed by atoms with E-state index in [2.05, 4.69) is 15.0 Å². The number of hydrogen-bond acceptors (Lipinski definition) is 5. The van der Waals surface area contributed by atoms with Crippen LogP contribution in [0.3, 0.4) is 0 Å². The lowest BCUT2D eigenvalue weighted by Gasteiger charge is -2.15. The molecule has 3 aromatic rings. The second-order valence-electron chi connectivity index (χ2n) is 7.35. The zero-order valence-electron chi connectivity index (χ0n) is 15.5. The van der Waals surface area contributed by atoms with E-state index in [1.807, 2.05) is 0 Å². The Morgan fingerprint density at radius 2 is 2.00 bits per heavy atom. The van der Waals surface area contributed by atoms with Crippen molar-refractivity contribution in [1.82, 2.24) is 15.0 Å². The highest BCUT2D eigenvalue weighted by Crippen LogP contribution is 2.33. The molecule has 0 aliphatic carbocycles. The summed E-state index contributed by atoms with van der Waals surface area (Å²) in [4.78, 5) is 12.0. The Hall–Kier alpha value is -2.29. The van der Waals surface area contributed by atoms with E-state index >= 15 is 0 Å². The van der Waals surface area contributed by atoms with Crippen LogP contribution in [-0.4, -0.2) is 46.5 Å². The zero-order valence-corrected chi connectivity index (χ0v) is 16.2. The van der Waals surface area contributed by atoms with Gasteiger partial charge in [0, 0.05) is 24.7 Å². The van der Waals surface area contributed by atoms with Crippen molar-refractivity contribution in [2.24, 2.45) is 0 Å². The molecule has 2 aliphatic rings. The minimum Gasteiger partial charge on any atom is -0.456 e. The van der Waals surface area contributed by atoms with Crippen molar-refractivity contribution in [3.63, 3.8) is 0 Å². The van der Waals surface area contributed by atoms with E-state index in [9.17, 15) is 8.78 Å². The van der Waals surface area contributed by atoms with Crippen LogP contribution < -0.4 is 4.74 Å². The largest absolute Gasteiger partial charge is 0.456 e. The summed E-state index contributed by atoms with van der Waals surface area (Å²) in [6.07, 6.45) is 0.613. The molecule has 0 radical (unpaired) electrons. The third-order valence-electron chi connectivity index (χ3n) is 5.25. The highest BCUT2D eigenvalue weighted by molar-refractivity contribution is 6.33. The fraction of sp³-hybridized carbons (Fsp3) is 0.400. The maximum absolute atomic E-state index is 13.4. The standard InChI is InChI=1S/C20H18ClF2N3O3/c1-20(22,23)11-4-2-10(3-5-11)16-12(21)8-13-18(25-16)26-19(24-13)29-15-9-28-14-6-7-27-17(14)15/h2-5,8,14-15,17H,6-7,9H2,1H3,(H,24,25,26)/t14-,15?,17+/m1/s1. The van der Waals surface area contributed by atoms with Crippen molar-refractivity contribution >= 4 is 22.8 Å². The number of fused-ring (bicyclic) bond motifs is 2. The van der Waals surface area contributed by atoms with Crippen molar-refractivity contribution in [3.8, 4) is 17.3 Å². The first-order valence-electron chi connectivity index (χ1n) is 9.33. The highest BCUT2D eigenvalue weighted by Gasteiger charge is 2.43. The van der Waals surface area contributed by atoms with Gasteiger partial charge in [-0.05, 0) is 12.5 Å². The molecule has 0 saturated carbocycles. The van der Waals surface area contributed by atoms with E-state index in [1.54, 1.807) is 18.2 Å². The van der Waals surface area contributed by atoms with Crippen LogP contribution in [0, 0.1) is 0 Å². The van der Waals surface area contributed by atoms with Gasteiger partial charge in [0.05, 0.1) is 28.9 Å². The summed E-state index contributed by atoms with van der Waals surface area (Å²) >= 11 is 6.38. The molecule has 2 saturated heterocycles. The second kappa shape index (κ2) is 6.90. The van der Waals surface area contributed by atoms with Crippen LogP contribution in [0.25, 0.3) is 22.4 Å². The molecule has 152 valence electrons. The average Bonchev–Trinajstić information content (AvgIpc) is 3.37. The fourth-order valence-corrected chi connectivity index (χ4v) is 4.01. The summed E-state index contributed by atoms with van der Waals surface area (Å²) < 4.78 is 44.2. The highest BCUT2D eigenvalue weighted by atomic mass is 35.5. The predicted molar refractivity (Wildman–Crippen MR) is 102 cm³/mol. The van der Waals surface area contributed by atoms with Gasteiger partial charge in [-0.1, -0.05) is 35.9 Å². The van der Waals surface area contributed by atoms with Crippen LogP contribution in [0.2, 0.25) is 5.02 Å². The molecule has 0 amide bonds. The van der Waals surface area contributed by atoms with Crippen molar-refractivity contribution in [2.45, 2.75) is 37.6 Å². The fourth-order valence-electron chi connectivity index (χ4n) is 3.75. The lowest BCUT2D eigenvalue weighted by molar-refractivity contribution is 0.0175. The normalized spacial score (nSPS) is 24.2. The Labute approximate surface area is 170 Å². The van der Waals surface area contributed by atoms with Gasteiger partial charge in [-0.2, -0.15) is 4.98 Å². The van der Waals surface area contributed by atoms with E-state index in [-0.39, 0.29) is 23.9 Å². The number of hydrogen-bond donors (Lipinski definition) is 1. The molecule has 0 spiro atoms. The monoisotopic (exact) mass is 421 g/mol. The summed E-state index contributed by atoms with van der Waals surface area (Å²) in [5.74, 6) is -2.90. The number of nitrogens with zero attached hydrogens (tertiary/aromatic N) is 2. The van der Waals surface area contributed by atoms with E-state index < -0.39 is 5.92 Å². The third-order valence-corrected chi connectivity index (χ3v) is 5.54. The molecule has 2 fully saturated rings. The smallest absolute Gasteiger partial charge is 0.296 e. The summed E-state index contributed by atoms with van der Waals surface area (Å²) in [6, 6.07) is 7.89. The average molecular weight is 422 g/mol. The number of imidazole rings is 1. The Kier molecular flexibility index (Phi) is 4.45. The second-order valence-corrected chi connectivity index (χ2v) is 7.76. The van der Waals surface area contributed by atoms with Crippen LogP contribution in [0.4, 0.5) is 8.78 Å². The van der Waals surface area contributed by atoms with Crippen LogP contribution in [0.1, 0.15) is 18.9 Å². The van der Waals surface area contributed by atoms with Gasteiger partial charge in [0.1, 0.15) is 6.10 Å². The van der Waals surface area contributed by atoms with E-state index in [0.717, 1.165) is 13.3 Å². The zero-order chi connectivity index (χ0) is 20.2. The van der Waals surface area contributed by atoms with E-state index in [1.165, 1.54) is 12.1 Å². The van der Waals surface area contributed by atoms with Gasteiger partial charge in [-0.25, -0.2) is 13.8 Å². The van der Waals surface area contributed by atoms with Gasteiger partial charge in [-0.3, -0.25) is 0 Å². The Balaban J connectivity index is 1.42. The third kappa shape index (κ3) is 3.45. The molecule has 1 unspecified atom stereocenters. The number of rotatable bonds is 4. The molecule has 9 heteroatoms. The summed E-state index contributed by atoms with van der Waals surface area (Å²) in [7, 11) is 0. The number of benzene rings is 1. The molecule has 3 atom stereocenters. The quantitative estimate of drug-likeness (QED) is 0.679. The number of ether oxygens (including phenoxy) is 3. The van der Waals surface area contributed by atoms with Crippen LogP contribution in [-0.2, 0) is 15.4 Å². The van der Waals surface area contributed by atoms with E-state index in [4.69, 9.17) is 25.8 Å². The molecule has 1 N–H and O–H groups in total. The summed E-state index contributed by atoms with van der Waals surface area (Å²) in [5.41, 5.74) is 2.06. The number of aromatic amines is 1. The molecule has 2 aliphatic heterocycles. The van der Waals surface area contributed by atoms with Gasteiger partial charge < -0.3 is 19.2 Å². The van der Waals surface area contributed by atoms with Crippen molar-refractivity contribution in [1.29, 1.82) is 0 Å². The molecular formula is C20H18ClF2N3O3. The summed E-state index contributed by atoms with van der Waals surface area (Å²) in [5, 5.41) is 0.382. The van der Waals surface area contributed by atoms with Crippen LogP contribution >= 0.6 is 11.6 Å². The lowest BCUT2D eigenvalue weighted by atomic mass is 10.1. The number of alkyl halides is 2. The SMILES string of the molecule is CC(F)(F)c1ccc(-c2nc3nc(OC4CO[C@@H]5CCO[C@H]45)[nH]c3cc2Cl)cc1. The van der Waals surface area contributed by atoms with Crippen molar-refractivity contribution in [2.75, 3.05) is 13.2 Å². The number of nitrogens with one attached hydrogen (secondary N) is 1. The number of H-pyrrole nitrogens is 1. The maximum Gasteiger partial charge on any atom is 0.296 e. The Morgan fingerprint density at radius 1 is 1.21 bits per heavy atom. The number of pyridine rings is 1. The van der Waals surface area contributed by atoms with E-state index in [0.29, 0.717) is 46.7 Å². The van der Waals surface area contributed by atoms with Crippen molar-refractivity contribution < 1.29 is 23.0 Å². The Bertz CT molecular complexity index is 1050. The number of aromatic nitrogens is 3. The minimum absolute atomic E-state index is 0.0693. The molecule has 0 bridgehead atoms. The molecular weight excluding hydrogens is 404 g/mol. The maximum atomic E-state index is 13.4. The molecule has 4 heterocycles. The van der Waals surface area contributed by atoms with Crippen LogP contribution in [0.5, 0.6) is 6.01 Å². The predicted octanol–water partition coefficient (Wildman–Crippen LogP) is 4.33. The first-order valence-corrected chi connectivity index (χ1v) is 9.71. The van der Waals surface area contributed by atoms with Gasteiger partial charge in [0.15, 0.2) is 11.8 Å². The first-order chi connectivity index (χ1) is 13.9. The van der Waals surface area contributed by atoms with Gasteiger partial charge >= 0.3 is 0 Å². The van der Waals surface area contributed by atoms with Gasteiger partial charge in [0.25, 0.3) is 11.9 Å². The van der Waals surface area contributed by atoms with Gasteiger partial charge in [-0.15, -0.1) is 0 Å².